The normalized spacial score (nSPS) is 12.5. The van der Waals surface area contributed by atoms with Crippen LogP contribution in [0.1, 0.15) is 49.7 Å². The quantitative estimate of drug-likeness (QED) is 0.753. The van der Waals surface area contributed by atoms with Gasteiger partial charge in [0.25, 0.3) is 5.91 Å². The van der Waals surface area contributed by atoms with Gasteiger partial charge in [0.15, 0.2) is 0 Å². The van der Waals surface area contributed by atoms with E-state index in [9.17, 15) is 4.79 Å². The molecule has 1 aromatic rings. The van der Waals surface area contributed by atoms with Crippen LogP contribution >= 0.6 is 27.3 Å². The predicted octanol–water partition coefficient (Wildman–Crippen LogP) is 4.55. The maximum absolute atomic E-state index is 12.4. The number of carbonyl (C=O) groups is 1. The van der Waals surface area contributed by atoms with Crippen molar-refractivity contribution >= 4 is 33.2 Å². The number of hydrogen-bond donors (Lipinski definition) is 0. The summed E-state index contributed by atoms with van der Waals surface area (Å²) in [5, 5.41) is 1.95. The van der Waals surface area contributed by atoms with Crippen LogP contribution in [0.3, 0.4) is 0 Å². The van der Waals surface area contributed by atoms with E-state index in [1.165, 1.54) is 11.3 Å². The van der Waals surface area contributed by atoms with Crippen LogP contribution in [0.15, 0.2) is 15.9 Å². The fraction of sp³-hybridized carbons (Fsp3) is 0.615. The van der Waals surface area contributed by atoms with Gasteiger partial charge in [0.1, 0.15) is 4.88 Å². The Balaban J connectivity index is 2.82. The smallest absolute Gasteiger partial charge is 0.265 e. The van der Waals surface area contributed by atoms with Crippen molar-refractivity contribution in [2.45, 2.75) is 46.1 Å². The molecule has 96 valence electrons. The number of rotatable bonds is 6. The van der Waals surface area contributed by atoms with Gasteiger partial charge in [0.05, 0.1) is 0 Å². The maximum Gasteiger partial charge on any atom is 0.265 e. The minimum atomic E-state index is 0.162. The van der Waals surface area contributed by atoms with E-state index < -0.39 is 0 Å². The first-order chi connectivity index (χ1) is 8.11. The molecule has 0 aromatic carbocycles. The molecule has 1 amide bonds. The van der Waals surface area contributed by atoms with Crippen LogP contribution < -0.4 is 0 Å². The van der Waals surface area contributed by atoms with Crippen molar-refractivity contribution in [3.8, 4) is 0 Å². The van der Waals surface area contributed by atoms with Gasteiger partial charge in [-0.15, -0.1) is 11.3 Å². The molecule has 1 unspecified atom stereocenters. The summed E-state index contributed by atoms with van der Waals surface area (Å²) in [6.45, 7) is 7.25. The van der Waals surface area contributed by atoms with Gasteiger partial charge < -0.3 is 4.90 Å². The molecule has 0 fully saturated rings. The number of nitrogens with zero attached hydrogens (tertiary/aromatic N) is 1. The van der Waals surface area contributed by atoms with Crippen molar-refractivity contribution < 1.29 is 4.79 Å². The van der Waals surface area contributed by atoms with Crippen LogP contribution in [0.5, 0.6) is 0 Å². The predicted molar refractivity (Wildman–Crippen MR) is 77.7 cm³/mol. The highest BCUT2D eigenvalue weighted by molar-refractivity contribution is 9.10. The average molecular weight is 318 g/mol. The van der Waals surface area contributed by atoms with Crippen LogP contribution in [0.2, 0.25) is 0 Å². The number of hydrogen-bond acceptors (Lipinski definition) is 2. The molecule has 1 atom stereocenters. The van der Waals surface area contributed by atoms with E-state index in [1.807, 2.05) is 16.3 Å². The van der Waals surface area contributed by atoms with Gasteiger partial charge in [-0.2, -0.15) is 0 Å². The highest BCUT2D eigenvalue weighted by Gasteiger charge is 2.22. The second-order valence-corrected chi connectivity index (χ2v) is 5.98. The molecule has 0 saturated heterocycles. The molecule has 1 heterocycles. The molecule has 1 aromatic heterocycles. The molecule has 17 heavy (non-hydrogen) atoms. The molecule has 0 N–H and O–H groups in total. The van der Waals surface area contributed by atoms with Gasteiger partial charge in [-0.05, 0) is 47.1 Å². The molecule has 2 nitrogen and oxygen atoms in total. The Hall–Kier alpha value is -0.350. The minimum Gasteiger partial charge on any atom is -0.335 e. The number of halogens is 1. The van der Waals surface area contributed by atoms with Gasteiger partial charge >= 0.3 is 0 Å². The third-order valence-electron chi connectivity index (χ3n) is 2.95. The Morgan fingerprint density at radius 2 is 2.24 bits per heavy atom. The van der Waals surface area contributed by atoms with Crippen LogP contribution in [0.4, 0.5) is 0 Å². The molecule has 0 spiro atoms. The van der Waals surface area contributed by atoms with Crippen molar-refractivity contribution in [2.24, 2.45) is 0 Å². The zero-order chi connectivity index (χ0) is 12.8. The second-order valence-electron chi connectivity index (χ2n) is 4.21. The van der Waals surface area contributed by atoms with E-state index >= 15 is 0 Å². The molecule has 0 aliphatic carbocycles. The van der Waals surface area contributed by atoms with E-state index in [0.717, 1.165) is 35.2 Å². The van der Waals surface area contributed by atoms with Crippen LogP contribution in [0, 0.1) is 0 Å². The van der Waals surface area contributed by atoms with Crippen molar-refractivity contribution in [1.82, 2.24) is 4.90 Å². The van der Waals surface area contributed by atoms with Gasteiger partial charge in [0.2, 0.25) is 0 Å². The van der Waals surface area contributed by atoms with Gasteiger partial charge in [-0.3, -0.25) is 4.79 Å². The van der Waals surface area contributed by atoms with Gasteiger partial charge in [-0.1, -0.05) is 20.3 Å². The van der Waals surface area contributed by atoms with E-state index in [4.69, 9.17) is 0 Å². The molecule has 1 rings (SSSR count). The lowest BCUT2D eigenvalue weighted by molar-refractivity contribution is 0.0689. The van der Waals surface area contributed by atoms with E-state index in [1.54, 1.807) is 0 Å². The zero-order valence-electron chi connectivity index (χ0n) is 10.7. The van der Waals surface area contributed by atoms with E-state index in [-0.39, 0.29) is 5.91 Å². The Kier molecular flexibility index (Phi) is 6.20. The highest BCUT2D eigenvalue weighted by Crippen LogP contribution is 2.25. The molecule has 0 aliphatic rings. The van der Waals surface area contributed by atoms with Crippen molar-refractivity contribution in [3.63, 3.8) is 0 Å². The first kappa shape index (κ1) is 14.7. The SMILES string of the molecule is CCCCN(C(=O)c1sccc1Br)C(C)CC. The highest BCUT2D eigenvalue weighted by atomic mass is 79.9. The summed E-state index contributed by atoms with van der Waals surface area (Å²) < 4.78 is 0.914. The fourth-order valence-electron chi connectivity index (χ4n) is 1.65. The summed E-state index contributed by atoms with van der Waals surface area (Å²) in [6, 6.07) is 2.25. The second kappa shape index (κ2) is 7.17. The van der Waals surface area contributed by atoms with Crippen molar-refractivity contribution in [3.05, 3.63) is 20.8 Å². The summed E-state index contributed by atoms with van der Waals surface area (Å²) >= 11 is 4.95. The summed E-state index contributed by atoms with van der Waals surface area (Å²) in [4.78, 5) is 15.3. The van der Waals surface area contributed by atoms with Crippen LogP contribution in [-0.4, -0.2) is 23.4 Å². The van der Waals surface area contributed by atoms with Crippen molar-refractivity contribution in [2.75, 3.05) is 6.54 Å². The Morgan fingerprint density at radius 1 is 1.53 bits per heavy atom. The lowest BCUT2D eigenvalue weighted by atomic mass is 10.2. The number of carbonyl (C=O) groups excluding carboxylic acids is 1. The number of unbranched alkanes of at least 4 members (excludes halogenated alkanes) is 1. The topological polar surface area (TPSA) is 20.3 Å². The first-order valence-corrected chi connectivity index (χ1v) is 7.83. The molecular weight excluding hydrogens is 298 g/mol. The zero-order valence-corrected chi connectivity index (χ0v) is 13.1. The minimum absolute atomic E-state index is 0.162. The van der Waals surface area contributed by atoms with Gasteiger partial charge in [-0.25, -0.2) is 0 Å². The van der Waals surface area contributed by atoms with Crippen molar-refractivity contribution in [1.29, 1.82) is 0 Å². The Labute approximate surface area is 116 Å². The molecule has 0 saturated carbocycles. The van der Waals surface area contributed by atoms with Crippen LogP contribution in [0.25, 0.3) is 0 Å². The third kappa shape index (κ3) is 3.81. The lowest BCUT2D eigenvalue weighted by Crippen LogP contribution is -2.38. The monoisotopic (exact) mass is 317 g/mol. The summed E-state index contributed by atoms with van der Waals surface area (Å²) in [7, 11) is 0. The van der Waals surface area contributed by atoms with E-state index in [0.29, 0.717) is 6.04 Å². The number of amides is 1. The molecule has 4 heteroatoms. The summed E-state index contributed by atoms with van der Waals surface area (Å²) in [5.41, 5.74) is 0. The third-order valence-corrected chi connectivity index (χ3v) is 4.77. The molecule has 0 aliphatic heterocycles. The summed E-state index contributed by atoms with van der Waals surface area (Å²) in [5.74, 6) is 0.162. The lowest BCUT2D eigenvalue weighted by Gasteiger charge is -2.28. The van der Waals surface area contributed by atoms with E-state index in [2.05, 4.69) is 36.7 Å². The van der Waals surface area contributed by atoms with Crippen LogP contribution in [-0.2, 0) is 0 Å². The molecule has 0 bridgehead atoms. The average Bonchev–Trinajstić information content (AvgIpc) is 2.75. The Bertz CT molecular complexity index is 364. The Morgan fingerprint density at radius 3 is 2.71 bits per heavy atom. The first-order valence-electron chi connectivity index (χ1n) is 6.15. The van der Waals surface area contributed by atoms with Gasteiger partial charge in [0, 0.05) is 17.1 Å². The number of thiophene rings is 1. The fourth-order valence-corrected chi connectivity index (χ4v) is 3.14. The molecule has 0 radical (unpaired) electrons. The standard InChI is InChI=1S/C13H20BrNOS/c1-4-6-8-15(10(3)5-2)13(16)12-11(14)7-9-17-12/h7,9-10H,4-6,8H2,1-3H3. The maximum atomic E-state index is 12.4. The summed E-state index contributed by atoms with van der Waals surface area (Å²) in [6.07, 6.45) is 3.18. The largest absolute Gasteiger partial charge is 0.335 e. The molecular formula is C13H20BrNOS.